The van der Waals surface area contributed by atoms with Crippen LogP contribution >= 0.6 is 0 Å². The topological polar surface area (TPSA) is 67.4 Å². The largest absolute Gasteiger partial charge is 0.497 e. The molecule has 1 aromatic carbocycles. The van der Waals surface area contributed by atoms with Gasteiger partial charge < -0.3 is 15.4 Å². The van der Waals surface area contributed by atoms with Crippen LogP contribution in [0.25, 0.3) is 0 Å². The number of rotatable bonds is 6. The summed E-state index contributed by atoms with van der Waals surface area (Å²) in [6.45, 7) is 3.70. The third-order valence-electron chi connectivity index (χ3n) is 4.59. The van der Waals surface area contributed by atoms with Crippen LogP contribution in [0.15, 0.2) is 24.3 Å². The van der Waals surface area contributed by atoms with Gasteiger partial charge in [-0.15, -0.1) is 0 Å². The van der Waals surface area contributed by atoms with E-state index in [9.17, 15) is 9.59 Å². The SMILES string of the molecule is COc1ccc(C(CC(=O)NC2CCCC(C)C2)NC(C)=O)cc1. The van der Waals surface area contributed by atoms with Crippen LogP contribution < -0.4 is 15.4 Å². The minimum absolute atomic E-state index is 0.0105. The number of nitrogens with one attached hydrogen (secondary N) is 2. The summed E-state index contributed by atoms with van der Waals surface area (Å²) < 4.78 is 5.16. The van der Waals surface area contributed by atoms with E-state index in [0.717, 1.165) is 24.2 Å². The summed E-state index contributed by atoms with van der Waals surface area (Å²) in [6.07, 6.45) is 4.74. The first-order valence-electron chi connectivity index (χ1n) is 8.68. The first-order chi connectivity index (χ1) is 11.5. The van der Waals surface area contributed by atoms with Crippen LogP contribution in [0, 0.1) is 5.92 Å². The third kappa shape index (κ3) is 5.55. The quantitative estimate of drug-likeness (QED) is 0.841. The summed E-state index contributed by atoms with van der Waals surface area (Å²) in [5, 5.41) is 6.00. The molecule has 0 aromatic heterocycles. The Hall–Kier alpha value is -2.04. The van der Waals surface area contributed by atoms with Crippen molar-refractivity contribution in [3.05, 3.63) is 29.8 Å². The number of ether oxygens (including phenoxy) is 1. The van der Waals surface area contributed by atoms with Crippen molar-refractivity contribution in [3.8, 4) is 5.75 Å². The Kier molecular flexibility index (Phi) is 6.64. The highest BCUT2D eigenvalue weighted by Crippen LogP contribution is 2.24. The molecule has 0 bridgehead atoms. The lowest BCUT2D eigenvalue weighted by Gasteiger charge is -2.28. The second-order valence-corrected chi connectivity index (χ2v) is 6.77. The van der Waals surface area contributed by atoms with Crippen LogP contribution in [0.4, 0.5) is 0 Å². The first kappa shape index (κ1) is 18.3. The van der Waals surface area contributed by atoms with Crippen LogP contribution in [0.1, 0.15) is 57.6 Å². The molecular weight excluding hydrogens is 304 g/mol. The van der Waals surface area contributed by atoms with Gasteiger partial charge in [0.25, 0.3) is 0 Å². The normalized spacial score (nSPS) is 21.6. The van der Waals surface area contributed by atoms with E-state index in [1.807, 2.05) is 24.3 Å². The standard InChI is InChI=1S/C19H28N2O3/c1-13-5-4-6-16(11-13)21-19(23)12-18(20-14(2)22)15-7-9-17(24-3)10-8-15/h7-10,13,16,18H,4-6,11-12H2,1-3H3,(H,20,22)(H,21,23). The highest BCUT2D eigenvalue weighted by Gasteiger charge is 2.23. The number of carbonyl (C=O) groups is 2. The van der Waals surface area contributed by atoms with Crippen LogP contribution in [0.5, 0.6) is 5.75 Å². The molecule has 1 aliphatic rings. The zero-order valence-corrected chi connectivity index (χ0v) is 14.8. The first-order valence-corrected chi connectivity index (χ1v) is 8.68. The molecule has 5 heteroatoms. The lowest BCUT2D eigenvalue weighted by molar-refractivity contribution is -0.123. The monoisotopic (exact) mass is 332 g/mol. The van der Waals surface area contributed by atoms with Gasteiger partial charge in [-0.25, -0.2) is 0 Å². The molecule has 3 unspecified atom stereocenters. The van der Waals surface area contributed by atoms with Gasteiger partial charge in [0.05, 0.1) is 19.6 Å². The van der Waals surface area contributed by atoms with Crippen LogP contribution in [-0.4, -0.2) is 25.0 Å². The molecule has 0 saturated heterocycles. The average molecular weight is 332 g/mol. The molecule has 0 radical (unpaired) electrons. The summed E-state index contributed by atoms with van der Waals surface area (Å²) in [5.74, 6) is 1.26. The van der Waals surface area contributed by atoms with Gasteiger partial charge in [0.1, 0.15) is 5.75 Å². The predicted molar refractivity (Wildman–Crippen MR) is 93.7 cm³/mol. The number of benzene rings is 1. The van der Waals surface area contributed by atoms with Crippen molar-refractivity contribution < 1.29 is 14.3 Å². The van der Waals surface area contributed by atoms with E-state index in [0.29, 0.717) is 5.92 Å². The predicted octanol–water partition coefficient (Wildman–Crippen LogP) is 2.96. The molecule has 2 amide bonds. The molecule has 0 heterocycles. The molecular formula is C19H28N2O3. The Balaban J connectivity index is 1.99. The maximum atomic E-state index is 12.4. The smallest absolute Gasteiger partial charge is 0.222 e. The van der Waals surface area contributed by atoms with Crippen molar-refractivity contribution in [1.29, 1.82) is 0 Å². The molecule has 0 spiro atoms. The average Bonchev–Trinajstić information content (AvgIpc) is 2.54. The Morgan fingerprint density at radius 1 is 1.25 bits per heavy atom. The van der Waals surface area contributed by atoms with Gasteiger partial charge >= 0.3 is 0 Å². The maximum Gasteiger partial charge on any atom is 0.222 e. The van der Waals surface area contributed by atoms with Crippen molar-refractivity contribution >= 4 is 11.8 Å². The second kappa shape index (κ2) is 8.71. The summed E-state index contributed by atoms with van der Waals surface area (Å²) in [4.78, 5) is 23.9. The molecule has 2 rings (SSSR count). The van der Waals surface area contributed by atoms with E-state index in [1.165, 1.54) is 19.8 Å². The van der Waals surface area contributed by atoms with Crippen molar-refractivity contribution in [2.24, 2.45) is 5.92 Å². The second-order valence-electron chi connectivity index (χ2n) is 6.77. The molecule has 24 heavy (non-hydrogen) atoms. The van der Waals surface area contributed by atoms with Gasteiger partial charge in [0.15, 0.2) is 0 Å². The summed E-state index contributed by atoms with van der Waals surface area (Å²) in [5.41, 5.74) is 0.901. The Morgan fingerprint density at radius 2 is 1.96 bits per heavy atom. The van der Waals surface area contributed by atoms with Crippen LogP contribution in [0.2, 0.25) is 0 Å². The molecule has 1 fully saturated rings. The molecule has 3 atom stereocenters. The zero-order valence-electron chi connectivity index (χ0n) is 14.8. The van der Waals surface area contributed by atoms with E-state index in [-0.39, 0.29) is 30.3 Å². The van der Waals surface area contributed by atoms with Crippen molar-refractivity contribution in [3.63, 3.8) is 0 Å². The number of carbonyl (C=O) groups excluding carboxylic acids is 2. The summed E-state index contributed by atoms with van der Waals surface area (Å²) >= 11 is 0. The van der Waals surface area contributed by atoms with E-state index in [1.54, 1.807) is 7.11 Å². The molecule has 1 saturated carbocycles. The molecule has 0 aliphatic heterocycles. The van der Waals surface area contributed by atoms with E-state index < -0.39 is 0 Å². The molecule has 132 valence electrons. The highest BCUT2D eigenvalue weighted by molar-refractivity contribution is 5.79. The number of methoxy groups -OCH3 is 1. The number of amides is 2. The summed E-state index contributed by atoms with van der Waals surface area (Å²) in [6, 6.07) is 7.38. The van der Waals surface area contributed by atoms with E-state index in [4.69, 9.17) is 4.74 Å². The van der Waals surface area contributed by atoms with Crippen molar-refractivity contribution in [1.82, 2.24) is 10.6 Å². The molecule has 1 aromatic rings. The third-order valence-corrected chi connectivity index (χ3v) is 4.59. The minimum atomic E-state index is -0.325. The molecule has 2 N–H and O–H groups in total. The number of hydrogen-bond acceptors (Lipinski definition) is 3. The van der Waals surface area contributed by atoms with Crippen LogP contribution in [0.3, 0.4) is 0 Å². The Morgan fingerprint density at radius 3 is 2.54 bits per heavy atom. The highest BCUT2D eigenvalue weighted by atomic mass is 16.5. The van der Waals surface area contributed by atoms with Crippen LogP contribution in [-0.2, 0) is 9.59 Å². The zero-order chi connectivity index (χ0) is 17.5. The molecule has 5 nitrogen and oxygen atoms in total. The van der Waals surface area contributed by atoms with Gasteiger partial charge in [0, 0.05) is 13.0 Å². The Labute approximate surface area is 144 Å². The fourth-order valence-corrected chi connectivity index (χ4v) is 3.37. The Bertz CT molecular complexity index is 556. The van der Waals surface area contributed by atoms with Gasteiger partial charge in [-0.3, -0.25) is 9.59 Å². The fraction of sp³-hybridized carbons (Fsp3) is 0.579. The van der Waals surface area contributed by atoms with Gasteiger partial charge in [-0.05, 0) is 36.5 Å². The number of hydrogen-bond donors (Lipinski definition) is 2. The minimum Gasteiger partial charge on any atom is -0.497 e. The lowest BCUT2D eigenvalue weighted by Crippen LogP contribution is -2.40. The van der Waals surface area contributed by atoms with Gasteiger partial charge in [0.2, 0.25) is 11.8 Å². The molecule has 1 aliphatic carbocycles. The van der Waals surface area contributed by atoms with E-state index >= 15 is 0 Å². The van der Waals surface area contributed by atoms with Gasteiger partial charge in [-0.2, -0.15) is 0 Å². The fourth-order valence-electron chi connectivity index (χ4n) is 3.37. The maximum absolute atomic E-state index is 12.4. The summed E-state index contributed by atoms with van der Waals surface area (Å²) in [7, 11) is 1.61. The van der Waals surface area contributed by atoms with Gasteiger partial charge in [-0.1, -0.05) is 31.9 Å². The van der Waals surface area contributed by atoms with Crippen molar-refractivity contribution in [2.75, 3.05) is 7.11 Å². The lowest BCUT2D eigenvalue weighted by atomic mass is 9.87. The van der Waals surface area contributed by atoms with E-state index in [2.05, 4.69) is 17.6 Å². The van der Waals surface area contributed by atoms with Crippen molar-refractivity contribution in [2.45, 2.75) is 58.0 Å².